The molecular weight excluding hydrogens is 256 g/mol. The Bertz CT molecular complexity index is 472. The molecular formula is C15H24N2O3. The molecule has 5 nitrogen and oxygen atoms in total. The summed E-state index contributed by atoms with van der Waals surface area (Å²) in [5.74, 6) is 1.72. The quantitative estimate of drug-likeness (QED) is 0.784. The second-order valence-corrected chi connectivity index (χ2v) is 5.23. The summed E-state index contributed by atoms with van der Waals surface area (Å²) in [4.78, 5) is 12.2. The van der Waals surface area contributed by atoms with Crippen LogP contribution in [0, 0.1) is 11.8 Å². The summed E-state index contributed by atoms with van der Waals surface area (Å²) in [6.07, 6.45) is 0. The number of benzene rings is 1. The van der Waals surface area contributed by atoms with Gasteiger partial charge >= 0.3 is 0 Å². The van der Waals surface area contributed by atoms with E-state index in [0.717, 1.165) is 0 Å². The average Bonchev–Trinajstić information content (AvgIpc) is 2.43. The van der Waals surface area contributed by atoms with Gasteiger partial charge in [0.2, 0.25) is 0 Å². The first-order valence-corrected chi connectivity index (χ1v) is 6.70. The van der Waals surface area contributed by atoms with E-state index < -0.39 is 0 Å². The smallest absolute Gasteiger partial charge is 0.253 e. The molecule has 1 atom stereocenters. The number of anilines is 1. The van der Waals surface area contributed by atoms with Crippen molar-refractivity contribution in [3.05, 3.63) is 17.7 Å². The van der Waals surface area contributed by atoms with Crippen LogP contribution in [-0.2, 0) is 0 Å². The van der Waals surface area contributed by atoms with Crippen LogP contribution in [-0.4, -0.2) is 26.7 Å². The molecule has 112 valence electrons. The van der Waals surface area contributed by atoms with E-state index in [9.17, 15) is 4.79 Å². The summed E-state index contributed by atoms with van der Waals surface area (Å²) in [6.45, 7) is 6.97. The minimum atomic E-state index is -0.198. The fourth-order valence-electron chi connectivity index (χ4n) is 1.68. The third-order valence-electron chi connectivity index (χ3n) is 3.52. The number of hydrogen-bond donors (Lipinski definition) is 2. The number of amides is 1. The van der Waals surface area contributed by atoms with Gasteiger partial charge in [-0.25, -0.2) is 0 Å². The fraction of sp³-hybridized carbons (Fsp3) is 0.533. The van der Waals surface area contributed by atoms with E-state index in [1.165, 1.54) is 14.2 Å². The highest BCUT2D eigenvalue weighted by molar-refractivity contribution is 6.00. The zero-order valence-corrected chi connectivity index (χ0v) is 12.8. The minimum absolute atomic E-state index is 0.198. The molecule has 5 heteroatoms. The third kappa shape index (κ3) is 3.79. The van der Waals surface area contributed by atoms with Crippen molar-refractivity contribution in [3.8, 4) is 11.5 Å². The van der Waals surface area contributed by atoms with Gasteiger partial charge in [0.15, 0.2) is 11.5 Å². The number of nitrogens with one attached hydrogen (secondary N) is 1. The number of methoxy groups -OCH3 is 2. The molecule has 1 aromatic carbocycles. The van der Waals surface area contributed by atoms with Gasteiger partial charge in [0.05, 0.1) is 19.8 Å². The Hall–Kier alpha value is -1.91. The molecule has 1 unspecified atom stereocenters. The standard InChI is InChI=1S/C15H24N2O3/c1-9(2)10(3)8-17-15(18)11-6-13(19-4)14(20-5)7-12(11)16/h6-7,9-10H,8,16H2,1-5H3,(H,17,18). The van der Waals surface area contributed by atoms with Crippen molar-refractivity contribution in [1.29, 1.82) is 0 Å². The molecule has 3 N–H and O–H groups in total. The Balaban J connectivity index is 2.88. The van der Waals surface area contributed by atoms with Crippen LogP contribution in [0.5, 0.6) is 11.5 Å². The molecule has 20 heavy (non-hydrogen) atoms. The molecule has 0 spiro atoms. The van der Waals surface area contributed by atoms with E-state index in [-0.39, 0.29) is 5.91 Å². The van der Waals surface area contributed by atoms with Crippen LogP contribution in [0.4, 0.5) is 5.69 Å². The third-order valence-corrected chi connectivity index (χ3v) is 3.52. The number of nitrogens with two attached hydrogens (primary N) is 1. The van der Waals surface area contributed by atoms with E-state index in [2.05, 4.69) is 26.1 Å². The maximum Gasteiger partial charge on any atom is 0.253 e. The van der Waals surface area contributed by atoms with Gasteiger partial charge in [0.1, 0.15) is 0 Å². The monoisotopic (exact) mass is 280 g/mol. The second kappa shape index (κ2) is 7.03. The predicted molar refractivity (Wildman–Crippen MR) is 80.3 cm³/mol. The molecule has 0 saturated heterocycles. The maximum absolute atomic E-state index is 12.2. The zero-order valence-electron chi connectivity index (χ0n) is 12.8. The van der Waals surface area contributed by atoms with Crippen molar-refractivity contribution >= 4 is 11.6 Å². The van der Waals surface area contributed by atoms with Gasteiger partial charge in [0, 0.05) is 18.3 Å². The van der Waals surface area contributed by atoms with E-state index in [1.54, 1.807) is 12.1 Å². The van der Waals surface area contributed by atoms with E-state index in [0.29, 0.717) is 41.1 Å². The molecule has 0 aliphatic carbocycles. The lowest BCUT2D eigenvalue weighted by Crippen LogP contribution is -2.30. The molecule has 0 saturated carbocycles. The molecule has 1 aromatic rings. The summed E-state index contributed by atoms with van der Waals surface area (Å²) in [7, 11) is 3.05. The molecule has 0 radical (unpaired) electrons. The lowest BCUT2D eigenvalue weighted by molar-refractivity contribution is 0.0945. The van der Waals surface area contributed by atoms with Crippen molar-refractivity contribution in [1.82, 2.24) is 5.32 Å². The van der Waals surface area contributed by atoms with Gasteiger partial charge in [-0.1, -0.05) is 20.8 Å². The molecule has 0 heterocycles. The van der Waals surface area contributed by atoms with Crippen molar-refractivity contribution in [3.63, 3.8) is 0 Å². The first-order chi connectivity index (χ1) is 9.40. The highest BCUT2D eigenvalue weighted by Gasteiger charge is 2.16. The van der Waals surface area contributed by atoms with Crippen molar-refractivity contribution in [2.75, 3.05) is 26.5 Å². The Morgan fingerprint density at radius 1 is 1.20 bits per heavy atom. The topological polar surface area (TPSA) is 73.6 Å². The number of nitrogen functional groups attached to an aromatic ring is 1. The van der Waals surface area contributed by atoms with Gasteiger partial charge in [-0.15, -0.1) is 0 Å². The Kier molecular flexibility index (Phi) is 5.67. The largest absolute Gasteiger partial charge is 0.493 e. The molecule has 0 aromatic heterocycles. The number of carbonyl (C=O) groups is 1. The van der Waals surface area contributed by atoms with Gasteiger partial charge < -0.3 is 20.5 Å². The van der Waals surface area contributed by atoms with Crippen molar-refractivity contribution < 1.29 is 14.3 Å². The molecule has 0 fully saturated rings. The lowest BCUT2D eigenvalue weighted by Gasteiger charge is -2.17. The van der Waals surface area contributed by atoms with Gasteiger partial charge in [-0.2, -0.15) is 0 Å². The Morgan fingerprint density at radius 3 is 2.25 bits per heavy atom. The predicted octanol–water partition coefficient (Wildman–Crippen LogP) is 2.31. The van der Waals surface area contributed by atoms with Gasteiger partial charge in [-0.05, 0) is 17.9 Å². The number of ether oxygens (including phenoxy) is 2. The summed E-state index contributed by atoms with van der Waals surface area (Å²) >= 11 is 0. The van der Waals surface area contributed by atoms with Crippen LogP contribution in [0.2, 0.25) is 0 Å². The summed E-state index contributed by atoms with van der Waals surface area (Å²) in [5.41, 5.74) is 6.67. The van der Waals surface area contributed by atoms with E-state index >= 15 is 0 Å². The van der Waals surface area contributed by atoms with Crippen LogP contribution in [0.15, 0.2) is 12.1 Å². The van der Waals surface area contributed by atoms with Crippen LogP contribution >= 0.6 is 0 Å². The van der Waals surface area contributed by atoms with E-state index in [4.69, 9.17) is 15.2 Å². The van der Waals surface area contributed by atoms with Crippen LogP contribution < -0.4 is 20.5 Å². The van der Waals surface area contributed by atoms with Gasteiger partial charge in [0.25, 0.3) is 5.91 Å². The molecule has 0 aliphatic rings. The Morgan fingerprint density at radius 2 is 1.75 bits per heavy atom. The molecule has 0 aliphatic heterocycles. The molecule has 1 rings (SSSR count). The summed E-state index contributed by atoms with van der Waals surface area (Å²) in [6, 6.07) is 3.20. The first kappa shape index (κ1) is 16.1. The van der Waals surface area contributed by atoms with Crippen LogP contribution in [0.1, 0.15) is 31.1 Å². The number of carbonyl (C=O) groups excluding carboxylic acids is 1. The highest BCUT2D eigenvalue weighted by Crippen LogP contribution is 2.31. The average molecular weight is 280 g/mol. The normalized spacial score (nSPS) is 12.1. The lowest BCUT2D eigenvalue weighted by atomic mass is 9.98. The fourth-order valence-corrected chi connectivity index (χ4v) is 1.68. The highest BCUT2D eigenvalue weighted by atomic mass is 16.5. The zero-order chi connectivity index (χ0) is 15.3. The molecule has 1 amide bonds. The van der Waals surface area contributed by atoms with Crippen molar-refractivity contribution in [2.24, 2.45) is 11.8 Å². The Labute approximate surface area is 120 Å². The minimum Gasteiger partial charge on any atom is -0.493 e. The van der Waals surface area contributed by atoms with Crippen molar-refractivity contribution in [2.45, 2.75) is 20.8 Å². The second-order valence-electron chi connectivity index (χ2n) is 5.23. The number of rotatable bonds is 6. The maximum atomic E-state index is 12.2. The first-order valence-electron chi connectivity index (χ1n) is 6.70. The van der Waals surface area contributed by atoms with Crippen LogP contribution in [0.3, 0.4) is 0 Å². The van der Waals surface area contributed by atoms with E-state index in [1.807, 2.05) is 0 Å². The summed E-state index contributed by atoms with van der Waals surface area (Å²) < 4.78 is 10.3. The number of hydrogen-bond acceptors (Lipinski definition) is 4. The SMILES string of the molecule is COc1cc(N)c(C(=O)NCC(C)C(C)C)cc1OC. The van der Waals surface area contributed by atoms with Crippen LogP contribution in [0.25, 0.3) is 0 Å². The van der Waals surface area contributed by atoms with Gasteiger partial charge in [-0.3, -0.25) is 4.79 Å². The molecule has 0 bridgehead atoms. The summed E-state index contributed by atoms with van der Waals surface area (Å²) in [5, 5.41) is 2.89.